The second kappa shape index (κ2) is 6.83. The molecule has 3 rings (SSSR count). The van der Waals surface area contributed by atoms with Crippen LogP contribution in [0.4, 0.5) is 5.69 Å². The fourth-order valence-corrected chi connectivity index (χ4v) is 2.19. The predicted molar refractivity (Wildman–Crippen MR) is 91.6 cm³/mol. The van der Waals surface area contributed by atoms with Crippen LogP contribution < -0.4 is 10.1 Å². The number of amides is 1. The molecule has 0 aliphatic rings. The molecule has 24 heavy (non-hydrogen) atoms. The second-order valence-corrected chi connectivity index (χ2v) is 5.29. The van der Waals surface area contributed by atoms with E-state index in [2.05, 4.69) is 10.3 Å². The molecule has 120 valence electrons. The van der Waals surface area contributed by atoms with Gasteiger partial charge in [-0.05, 0) is 55.0 Å². The summed E-state index contributed by atoms with van der Waals surface area (Å²) < 4.78 is 5.69. The van der Waals surface area contributed by atoms with Gasteiger partial charge in [0.05, 0.1) is 5.69 Å². The monoisotopic (exact) mass is 320 g/mol. The number of nitrogens with one attached hydrogen (secondary N) is 1. The second-order valence-electron chi connectivity index (χ2n) is 5.29. The third-order valence-corrected chi connectivity index (χ3v) is 3.38. The zero-order valence-corrected chi connectivity index (χ0v) is 13.1. The van der Waals surface area contributed by atoms with Gasteiger partial charge in [0.15, 0.2) is 0 Å². The average molecular weight is 320 g/mol. The van der Waals surface area contributed by atoms with Crippen molar-refractivity contribution in [3.63, 3.8) is 0 Å². The van der Waals surface area contributed by atoms with Crippen molar-refractivity contribution in [3.8, 4) is 17.2 Å². The van der Waals surface area contributed by atoms with Gasteiger partial charge < -0.3 is 15.2 Å². The van der Waals surface area contributed by atoms with Crippen LogP contribution in [0.3, 0.4) is 0 Å². The van der Waals surface area contributed by atoms with E-state index in [9.17, 15) is 9.90 Å². The first-order valence-corrected chi connectivity index (χ1v) is 7.41. The van der Waals surface area contributed by atoms with Gasteiger partial charge in [0.25, 0.3) is 5.91 Å². The van der Waals surface area contributed by atoms with E-state index in [1.165, 1.54) is 0 Å². The Hall–Kier alpha value is -3.34. The lowest BCUT2D eigenvalue weighted by molar-refractivity contribution is 0.102. The van der Waals surface area contributed by atoms with Crippen LogP contribution in [-0.2, 0) is 0 Å². The topological polar surface area (TPSA) is 71.5 Å². The molecule has 0 saturated carbocycles. The van der Waals surface area contributed by atoms with E-state index in [0.717, 1.165) is 5.56 Å². The molecule has 0 saturated heterocycles. The summed E-state index contributed by atoms with van der Waals surface area (Å²) >= 11 is 0. The number of carbonyl (C=O) groups is 1. The maximum Gasteiger partial charge on any atom is 0.255 e. The number of pyridine rings is 1. The first kappa shape index (κ1) is 15.6. The van der Waals surface area contributed by atoms with Gasteiger partial charge in [-0.1, -0.05) is 12.1 Å². The van der Waals surface area contributed by atoms with E-state index >= 15 is 0 Å². The molecule has 0 aliphatic carbocycles. The lowest BCUT2D eigenvalue weighted by Gasteiger charge is -2.10. The van der Waals surface area contributed by atoms with Gasteiger partial charge in [-0.15, -0.1) is 0 Å². The van der Waals surface area contributed by atoms with Crippen LogP contribution >= 0.6 is 0 Å². The highest BCUT2D eigenvalue weighted by atomic mass is 16.5. The molecule has 2 N–H and O–H groups in total. The fraction of sp³-hybridized carbons (Fsp3) is 0.0526. The van der Waals surface area contributed by atoms with Crippen molar-refractivity contribution in [3.05, 3.63) is 78.1 Å². The summed E-state index contributed by atoms with van der Waals surface area (Å²) in [7, 11) is 0. The number of ether oxygens (including phenoxy) is 1. The van der Waals surface area contributed by atoms with Gasteiger partial charge in [-0.2, -0.15) is 0 Å². The van der Waals surface area contributed by atoms with Gasteiger partial charge >= 0.3 is 0 Å². The van der Waals surface area contributed by atoms with Gasteiger partial charge in [0.2, 0.25) is 0 Å². The minimum absolute atomic E-state index is 0.0261. The van der Waals surface area contributed by atoms with E-state index in [4.69, 9.17) is 4.74 Å². The highest BCUT2D eigenvalue weighted by Gasteiger charge is 2.10. The Morgan fingerprint density at radius 3 is 2.62 bits per heavy atom. The number of phenols is 1. The zero-order chi connectivity index (χ0) is 16.9. The van der Waals surface area contributed by atoms with Gasteiger partial charge in [-0.25, -0.2) is 0 Å². The number of phenolic OH excluding ortho intramolecular Hbond substituents is 1. The summed E-state index contributed by atoms with van der Waals surface area (Å²) in [5.74, 6) is 0.885. The number of aryl methyl sites for hydroxylation is 1. The summed E-state index contributed by atoms with van der Waals surface area (Å²) in [5, 5.41) is 12.5. The Morgan fingerprint density at radius 2 is 1.83 bits per heavy atom. The molecule has 0 aliphatic heterocycles. The Morgan fingerprint density at radius 1 is 1.04 bits per heavy atom. The Balaban J connectivity index is 1.78. The molecule has 5 nitrogen and oxygen atoms in total. The Kier molecular flexibility index (Phi) is 4.43. The smallest absolute Gasteiger partial charge is 0.255 e. The number of anilines is 1. The molecule has 0 bridgehead atoms. The minimum Gasteiger partial charge on any atom is -0.506 e. The molecule has 0 atom stereocenters. The Bertz CT molecular complexity index is 863. The van der Waals surface area contributed by atoms with Crippen molar-refractivity contribution in [1.29, 1.82) is 0 Å². The van der Waals surface area contributed by atoms with Gasteiger partial charge in [-0.3, -0.25) is 9.78 Å². The largest absolute Gasteiger partial charge is 0.506 e. The molecule has 5 heteroatoms. The molecular weight excluding hydrogens is 304 g/mol. The highest BCUT2D eigenvalue weighted by Crippen LogP contribution is 2.26. The molecule has 1 amide bonds. The van der Waals surface area contributed by atoms with Gasteiger partial charge in [0, 0.05) is 18.0 Å². The molecule has 0 spiro atoms. The lowest BCUT2D eigenvalue weighted by atomic mass is 10.1. The van der Waals surface area contributed by atoms with Crippen LogP contribution in [0.1, 0.15) is 15.9 Å². The van der Waals surface area contributed by atoms with Crippen molar-refractivity contribution < 1.29 is 14.6 Å². The third kappa shape index (κ3) is 3.70. The SMILES string of the molecule is Cc1ccc(O)c(NC(=O)c2cccc(Oc3ccncc3)c2)c1. The van der Waals surface area contributed by atoms with Crippen LogP contribution in [0.15, 0.2) is 67.0 Å². The standard InChI is InChI=1S/C19H16N2O3/c1-13-5-6-18(22)17(11-13)21-19(23)14-3-2-4-16(12-14)24-15-7-9-20-10-8-15/h2-12,22H,1H3,(H,21,23). The van der Waals surface area contributed by atoms with Crippen molar-refractivity contribution in [2.45, 2.75) is 6.92 Å². The average Bonchev–Trinajstić information content (AvgIpc) is 2.59. The molecule has 1 aromatic heterocycles. The molecule has 0 fully saturated rings. The first-order valence-electron chi connectivity index (χ1n) is 7.41. The summed E-state index contributed by atoms with van der Waals surface area (Å²) in [6, 6.07) is 15.3. The molecule has 2 aromatic carbocycles. The maximum atomic E-state index is 12.4. The molecule has 3 aromatic rings. The number of benzene rings is 2. The van der Waals surface area contributed by atoms with Crippen molar-refractivity contribution >= 4 is 11.6 Å². The normalized spacial score (nSPS) is 10.2. The fourth-order valence-electron chi connectivity index (χ4n) is 2.19. The Labute approximate surface area is 139 Å². The van der Waals surface area contributed by atoms with Gasteiger partial charge in [0.1, 0.15) is 17.2 Å². The van der Waals surface area contributed by atoms with Crippen LogP contribution in [0, 0.1) is 6.92 Å². The number of rotatable bonds is 4. The van der Waals surface area contributed by atoms with E-state index < -0.39 is 0 Å². The quantitative estimate of drug-likeness (QED) is 0.709. The number of carbonyl (C=O) groups excluding carboxylic acids is 1. The van der Waals surface area contributed by atoms with Crippen molar-refractivity contribution in [1.82, 2.24) is 4.98 Å². The lowest BCUT2D eigenvalue weighted by Crippen LogP contribution is -2.12. The zero-order valence-electron chi connectivity index (χ0n) is 13.1. The summed E-state index contributed by atoms with van der Waals surface area (Å²) in [6.07, 6.45) is 3.26. The summed E-state index contributed by atoms with van der Waals surface area (Å²) in [6.45, 7) is 1.89. The summed E-state index contributed by atoms with van der Waals surface area (Å²) in [5.41, 5.74) is 1.75. The number of hydrogen-bond acceptors (Lipinski definition) is 4. The van der Waals surface area contributed by atoms with E-state index in [1.54, 1.807) is 67.0 Å². The molecular formula is C19H16N2O3. The third-order valence-electron chi connectivity index (χ3n) is 3.38. The summed E-state index contributed by atoms with van der Waals surface area (Å²) in [4.78, 5) is 16.3. The van der Waals surface area contributed by atoms with E-state index in [1.807, 2.05) is 6.92 Å². The minimum atomic E-state index is -0.323. The van der Waals surface area contributed by atoms with Crippen molar-refractivity contribution in [2.24, 2.45) is 0 Å². The number of aromatic hydroxyl groups is 1. The van der Waals surface area contributed by atoms with E-state index in [-0.39, 0.29) is 11.7 Å². The van der Waals surface area contributed by atoms with Crippen LogP contribution in [0.2, 0.25) is 0 Å². The van der Waals surface area contributed by atoms with Crippen LogP contribution in [0.5, 0.6) is 17.2 Å². The maximum absolute atomic E-state index is 12.4. The predicted octanol–water partition coefficient (Wildman–Crippen LogP) is 4.14. The molecule has 0 radical (unpaired) electrons. The van der Waals surface area contributed by atoms with Crippen LogP contribution in [-0.4, -0.2) is 16.0 Å². The van der Waals surface area contributed by atoms with Crippen molar-refractivity contribution in [2.75, 3.05) is 5.32 Å². The number of aromatic nitrogens is 1. The number of nitrogens with zero attached hydrogens (tertiary/aromatic N) is 1. The van der Waals surface area contributed by atoms with E-state index in [0.29, 0.717) is 22.7 Å². The molecule has 0 unspecified atom stereocenters. The number of hydrogen-bond donors (Lipinski definition) is 2. The molecule has 1 heterocycles. The first-order chi connectivity index (χ1) is 11.6. The van der Waals surface area contributed by atoms with Crippen LogP contribution in [0.25, 0.3) is 0 Å². The highest BCUT2D eigenvalue weighted by molar-refractivity contribution is 6.05.